The van der Waals surface area contributed by atoms with E-state index in [2.05, 4.69) is 0 Å². The molecule has 0 fully saturated rings. The Morgan fingerprint density at radius 3 is 2.77 bits per heavy atom. The predicted molar refractivity (Wildman–Crippen MR) is 49.4 cm³/mol. The van der Waals surface area contributed by atoms with Crippen molar-refractivity contribution in [3.8, 4) is 11.5 Å². The molecule has 1 aliphatic rings. The standard InChI is InChI=1S/C8H9NO3S/c1-4-9(12)7-6(13-4)3-2-5(10)8(7)11/h2-4,10-12H,1H3. The van der Waals surface area contributed by atoms with Crippen LogP contribution in [0.3, 0.4) is 0 Å². The molecule has 13 heavy (non-hydrogen) atoms. The summed E-state index contributed by atoms with van der Waals surface area (Å²) < 4.78 is 0. The van der Waals surface area contributed by atoms with Gasteiger partial charge in [-0.2, -0.15) is 0 Å². The quantitative estimate of drug-likeness (QED) is 0.555. The summed E-state index contributed by atoms with van der Waals surface area (Å²) in [5, 5.41) is 28.9. The van der Waals surface area contributed by atoms with Gasteiger partial charge in [0.25, 0.3) is 0 Å². The van der Waals surface area contributed by atoms with Crippen LogP contribution in [0.2, 0.25) is 0 Å². The van der Waals surface area contributed by atoms with Gasteiger partial charge in [-0.05, 0) is 19.1 Å². The fourth-order valence-electron chi connectivity index (χ4n) is 1.28. The molecule has 0 bridgehead atoms. The zero-order valence-electron chi connectivity index (χ0n) is 6.93. The maximum atomic E-state index is 9.50. The van der Waals surface area contributed by atoms with Crippen LogP contribution in [-0.4, -0.2) is 20.8 Å². The number of hydroxylamine groups is 1. The van der Waals surface area contributed by atoms with E-state index in [-0.39, 0.29) is 22.6 Å². The molecule has 4 nitrogen and oxygen atoms in total. The molecular weight excluding hydrogens is 190 g/mol. The number of benzene rings is 1. The van der Waals surface area contributed by atoms with Gasteiger partial charge in [0.05, 0.1) is 0 Å². The normalized spacial score (nSPS) is 20.5. The van der Waals surface area contributed by atoms with Crippen LogP contribution >= 0.6 is 11.8 Å². The largest absolute Gasteiger partial charge is 0.504 e. The first-order valence-corrected chi connectivity index (χ1v) is 4.69. The Bertz CT molecular complexity index is 355. The Morgan fingerprint density at radius 1 is 1.38 bits per heavy atom. The van der Waals surface area contributed by atoms with E-state index in [4.69, 9.17) is 0 Å². The molecule has 1 unspecified atom stereocenters. The molecule has 0 spiro atoms. The van der Waals surface area contributed by atoms with E-state index in [9.17, 15) is 15.4 Å². The summed E-state index contributed by atoms with van der Waals surface area (Å²) in [6, 6.07) is 3.08. The number of thioether (sulfide) groups is 1. The fraction of sp³-hybridized carbons (Fsp3) is 0.250. The van der Waals surface area contributed by atoms with Crippen molar-refractivity contribution < 1.29 is 15.4 Å². The number of anilines is 1. The first kappa shape index (κ1) is 8.52. The van der Waals surface area contributed by atoms with Crippen LogP contribution in [0.5, 0.6) is 11.5 Å². The summed E-state index contributed by atoms with van der Waals surface area (Å²) in [5.41, 5.74) is 0.289. The summed E-state index contributed by atoms with van der Waals surface area (Å²) in [4.78, 5) is 0.769. The minimum Gasteiger partial charge on any atom is -0.504 e. The number of nitrogens with zero attached hydrogens (tertiary/aromatic N) is 1. The minimum absolute atomic E-state index is 0.136. The fourth-order valence-corrected chi connectivity index (χ4v) is 2.30. The van der Waals surface area contributed by atoms with Crippen LogP contribution in [0.4, 0.5) is 5.69 Å². The first-order chi connectivity index (χ1) is 6.11. The molecule has 0 aliphatic carbocycles. The lowest BCUT2D eigenvalue weighted by molar-refractivity contribution is 0.247. The van der Waals surface area contributed by atoms with Crippen molar-refractivity contribution in [1.29, 1.82) is 0 Å². The van der Waals surface area contributed by atoms with E-state index in [1.807, 2.05) is 0 Å². The van der Waals surface area contributed by atoms with Gasteiger partial charge in [-0.3, -0.25) is 5.21 Å². The van der Waals surface area contributed by atoms with Gasteiger partial charge in [-0.15, -0.1) is 0 Å². The molecule has 0 aromatic heterocycles. The zero-order chi connectivity index (χ0) is 9.59. The predicted octanol–water partition coefficient (Wildman–Crippen LogP) is 1.75. The maximum absolute atomic E-state index is 9.50. The van der Waals surface area contributed by atoms with Gasteiger partial charge in [-0.25, -0.2) is 5.06 Å². The molecule has 0 saturated heterocycles. The van der Waals surface area contributed by atoms with Crippen LogP contribution in [0.1, 0.15) is 6.92 Å². The highest BCUT2D eigenvalue weighted by Crippen LogP contribution is 2.50. The smallest absolute Gasteiger partial charge is 0.184 e. The molecule has 0 saturated carbocycles. The number of phenols is 2. The van der Waals surface area contributed by atoms with Crippen LogP contribution in [0.25, 0.3) is 0 Å². The Labute approximate surface area is 79.4 Å². The van der Waals surface area contributed by atoms with Gasteiger partial charge in [0.15, 0.2) is 11.5 Å². The Balaban J connectivity index is 2.59. The average Bonchev–Trinajstić information content (AvgIpc) is 2.37. The molecule has 2 rings (SSSR count). The third-order valence-electron chi connectivity index (χ3n) is 1.96. The number of fused-ring (bicyclic) bond motifs is 1. The lowest BCUT2D eigenvalue weighted by Crippen LogP contribution is -2.21. The van der Waals surface area contributed by atoms with E-state index in [1.54, 1.807) is 13.0 Å². The summed E-state index contributed by atoms with van der Waals surface area (Å²) in [6.07, 6.45) is 0. The van der Waals surface area contributed by atoms with Gasteiger partial charge < -0.3 is 10.2 Å². The molecular formula is C8H9NO3S. The second-order valence-electron chi connectivity index (χ2n) is 2.84. The van der Waals surface area contributed by atoms with Gasteiger partial charge in [-0.1, -0.05) is 11.8 Å². The van der Waals surface area contributed by atoms with E-state index in [1.165, 1.54) is 17.8 Å². The Kier molecular flexibility index (Phi) is 1.78. The lowest BCUT2D eigenvalue weighted by Gasteiger charge is -2.15. The molecule has 5 heteroatoms. The summed E-state index contributed by atoms with van der Waals surface area (Å²) in [5.74, 6) is -0.482. The third-order valence-corrected chi connectivity index (χ3v) is 3.09. The molecule has 1 aromatic rings. The number of hydrogen-bond acceptors (Lipinski definition) is 5. The highest BCUT2D eigenvalue weighted by Gasteiger charge is 2.29. The highest BCUT2D eigenvalue weighted by molar-refractivity contribution is 8.00. The van der Waals surface area contributed by atoms with Crippen LogP contribution in [-0.2, 0) is 0 Å². The molecule has 1 heterocycles. The van der Waals surface area contributed by atoms with E-state index < -0.39 is 0 Å². The zero-order valence-corrected chi connectivity index (χ0v) is 7.75. The first-order valence-electron chi connectivity index (χ1n) is 3.81. The topological polar surface area (TPSA) is 63.9 Å². The maximum Gasteiger partial charge on any atom is 0.184 e. The highest BCUT2D eigenvalue weighted by atomic mass is 32.2. The van der Waals surface area contributed by atoms with Gasteiger partial charge in [0.2, 0.25) is 0 Å². The second-order valence-corrected chi connectivity index (χ2v) is 4.20. The van der Waals surface area contributed by atoms with Crippen LogP contribution < -0.4 is 5.06 Å². The van der Waals surface area contributed by atoms with Crippen molar-refractivity contribution in [2.24, 2.45) is 0 Å². The third kappa shape index (κ3) is 1.12. The van der Waals surface area contributed by atoms with E-state index >= 15 is 0 Å². The number of aromatic hydroxyl groups is 2. The molecule has 0 radical (unpaired) electrons. The summed E-state index contributed by atoms with van der Waals surface area (Å²) in [7, 11) is 0. The van der Waals surface area contributed by atoms with Crippen molar-refractivity contribution >= 4 is 17.4 Å². The average molecular weight is 199 g/mol. The summed E-state index contributed by atoms with van der Waals surface area (Å²) >= 11 is 1.43. The van der Waals surface area contributed by atoms with Gasteiger partial charge in [0.1, 0.15) is 11.1 Å². The number of phenolic OH excluding ortho intramolecular Hbond substituents is 2. The molecule has 70 valence electrons. The number of hydrogen-bond donors (Lipinski definition) is 3. The number of rotatable bonds is 0. The van der Waals surface area contributed by atoms with Crippen molar-refractivity contribution in [3.05, 3.63) is 12.1 Å². The van der Waals surface area contributed by atoms with E-state index in [0.717, 1.165) is 9.96 Å². The second kappa shape index (κ2) is 2.71. The SMILES string of the molecule is CC1Sc2ccc(O)c(O)c2N1O. The summed E-state index contributed by atoms with van der Waals surface area (Å²) in [6.45, 7) is 1.81. The monoisotopic (exact) mass is 199 g/mol. The Morgan fingerprint density at radius 2 is 2.08 bits per heavy atom. The molecule has 3 N–H and O–H groups in total. The Hall–Kier alpha value is -1.07. The minimum atomic E-state index is -0.267. The molecule has 1 aliphatic heterocycles. The van der Waals surface area contributed by atoms with Crippen molar-refractivity contribution in [1.82, 2.24) is 0 Å². The van der Waals surface area contributed by atoms with Gasteiger partial charge in [0, 0.05) is 4.90 Å². The van der Waals surface area contributed by atoms with Crippen molar-refractivity contribution in [3.63, 3.8) is 0 Å². The van der Waals surface area contributed by atoms with E-state index in [0.29, 0.717) is 0 Å². The van der Waals surface area contributed by atoms with Crippen molar-refractivity contribution in [2.75, 3.05) is 5.06 Å². The van der Waals surface area contributed by atoms with Crippen LogP contribution in [0, 0.1) is 0 Å². The lowest BCUT2D eigenvalue weighted by atomic mass is 10.2. The molecule has 0 amide bonds. The van der Waals surface area contributed by atoms with Gasteiger partial charge >= 0.3 is 0 Å². The van der Waals surface area contributed by atoms with Crippen molar-refractivity contribution in [2.45, 2.75) is 17.2 Å². The molecule has 1 aromatic carbocycles. The van der Waals surface area contributed by atoms with Crippen LogP contribution in [0.15, 0.2) is 17.0 Å². The molecule has 1 atom stereocenters.